The molecule has 1 N–H and O–H groups in total. The highest BCUT2D eigenvalue weighted by Crippen LogP contribution is 2.28. The Morgan fingerprint density at radius 2 is 1.86 bits per heavy atom. The average molecular weight is 432 g/mol. The fourth-order valence-corrected chi connectivity index (χ4v) is 5.79. The smallest absolute Gasteiger partial charge is 0.244 e. The quantitative estimate of drug-likeness (QED) is 0.673. The van der Waals surface area contributed by atoms with Gasteiger partial charge in [-0.05, 0) is 69.9 Å². The number of carbonyl (C=O) groups excluding carboxylic acids is 1. The Kier molecular flexibility index (Phi) is 7.31. The van der Waals surface area contributed by atoms with Gasteiger partial charge in [-0.25, -0.2) is 12.8 Å². The van der Waals surface area contributed by atoms with Crippen molar-refractivity contribution in [3.8, 4) is 0 Å². The lowest BCUT2D eigenvalue weighted by Gasteiger charge is -2.30. The third kappa shape index (κ3) is 5.23. The molecule has 0 spiro atoms. The lowest BCUT2D eigenvalue weighted by molar-refractivity contribution is -0.126. The summed E-state index contributed by atoms with van der Waals surface area (Å²) < 4.78 is 40.2. The van der Waals surface area contributed by atoms with Crippen molar-refractivity contribution in [3.05, 3.63) is 29.0 Å². The highest BCUT2D eigenvalue weighted by molar-refractivity contribution is 7.89. The topological polar surface area (TPSA) is 69.7 Å². The monoisotopic (exact) mass is 431 g/mol. The summed E-state index contributed by atoms with van der Waals surface area (Å²) in [5.74, 6) is -0.852. The maximum atomic E-state index is 13.5. The Morgan fingerprint density at radius 1 is 1.18 bits per heavy atom. The molecule has 0 aromatic heterocycles. The molecule has 1 aromatic carbocycles. The number of piperidine rings is 1. The zero-order chi connectivity index (χ0) is 20.1. The number of amides is 1. The highest BCUT2D eigenvalue weighted by atomic mass is 35.5. The minimum absolute atomic E-state index is 0.000677. The number of benzene rings is 1. The van der Waals surface area contributed by atoms with E-state index in [1.807, 2.05) is 0 Å². The van der Waals surface area contributed by atoms with Crippen molar-refractivity contribution in [2.24, 2.45) is 5.92 Å². The van der Waals surface area contributed by atoms with Crippen LogP contribution in [0.25, 0.3) is 0 Å². The van der Waals surface area contributed by atoms with E-state index < -0.39 is 15.8 Å². The predicted octanol–water partition coefficient (Wildman–Crippen LogP) is 2.48. The molecule has 28 heavy (non-hydrogen) atoms. The lowest BCUT2D eigenvalue weighted by Crippen LogP contribution is -2.43. The second kappa shape index (κ2) is 9.52. The summed E-state index contributed by atoms with van der Waals surface area (Å²) in [7, 11) is -3.87. The van der Waals surface area contributed by atoms with E-state index in [2.05, 4.69) is 10.2 Å². The molecule has 2 fully saturated rings. The predicted molar refractivity (Wildman–Crippen MR) is 106 cm³/mol. The van der Waals surface area contributed by atoms with Crippen LogP contribution in [0.4, 0.5) is 4.39 Å². The maximum absolute atomic E-state index is 13.5. The van der Waals surface area contributed by atoms with E-state index in [0.29, 0.717) is 19.4 Å². The summed E-state index contributed by atoms with van der Waals surface area (Å²) in [4.78, 5) is 14.5. The van der Waals surface area contributed by atoms with Gasteiger partial charge < -0.3 is 10.2 Å². The van der Waals surface area contributed by atoms with Crippen LogP contribution in [-0.4, -0.2) is 62.8 Å². The molecule has 2 aliphatic heterocycles. The fourth-order valence-electron chi connectivity index (χ4n) is 3.84. The maximum Gasteiger partial charge on any atom is 0.244 e. The van der Waals surface area contributed by atoms with Crippen LogP contribution in [0.5, 0.6) is 0 Å². The molecule has 1 aromatic rings. The summed E-state index contributed by atoms with van der Waals surface area (Å²) in [5.41, 5.74) is 0. The number of likely N-dealkylation sites (tertiary alicyclic amines) is 1. The van der Waals surface area contributed by atoms with Gasteiger partial charge in [0.25, 0.3) is 0 Å². The van der Waals surface area contributed by atoms with Crippen LogP contribution in [0.3, 0.4) is 0 Å². The minimum Gasteiger partial charge on any atom is -0.356 e. The van der Waals surface area contributed by atoms with Crippen molar-refractivity contribution >= 4 is 27.5 Å². The number of rotatable bonds is 7. The van der Waals surface area contributed by atoms with Gasteiger partial charge in [0.1, 0.15) is 10.7 Å². The molecule has 156 valence electrons. The molecule has 0 unspecified atom stereocenters. The number of carbonyl (C=O) groups is 1. The Morgan fingerprint density at radius 3 is 2.54 bits per heavy atom. The van der Waals surface area contributed by atoms with Crippen LogP contribution in [0.1, 0.15) is 32.1 Å². The van der Waals surface area contributed by atoms with Gasteiger partial charge in [-0.2, -0.15) is 4.31 Å². The SMILES string of the molecule is O=C(NCCCN1CCCC1)C1CCN(S(=O)(=O)c2cc(F)ccc2Cl)CC1. The number of nitrogens with zero attached hydrogens (tertiary/aromatic N) is 2. The zero-order valence-corrected chi connectivity index (χ0v) is 17.4. The largest absolute Gasteiger partial charge is 0.356 e. The first-order valence-electron chi connectivity index (χ1n) is 9.83. The van der Waals surface area contributed by atoms with Gasteiger partial charge in [-0.3, -0.25) is 4.79 Å². The molecule has 2 saturated heterocycles. The highest BCUT2D eigenvalue weighted by Gasteiger charge is 2.33. The van der Waals surface area contributed by atoms with Gasteiger partial charge in [-0.15, -0.1) is 0 Å². The first-order chi connectivity index (χ1) is 13.4. The third-order valence-corrected chi connectivity index (χ3v) is 7.87. The van der Waals surface area contributed by atoms with Gasteiger partial charge in [-0.1, -0.05) is 11.6 Å². The number of hydrogen-bond acceptors (Lipinski definition) is 4. The van der Waals surface area contributed by atoms with E-state index in [-0.39, 0.29) is 34.8 Å². The standard InChI is InChI=1S/C19H27ClFN3O3S/c20-17-5-4-16(21)14-18(17)28(26,27)24-12-6-15(7-13-24)19(25)22-8-3-11-23-9-1-2-10-23/h4-5,14-15H,1-3,6-13H2,(H,22,25). The Labute approximate surface area is 171 Å². The second-order valence-corrected chi connectivity index (χ2v) is 9.76. The van der Waals surface area contributed by atoms with E-state index in [1.54, 1.807) is 0 Å². The van der Waals surface area contributed by atoms with E-state index >= 15 is 0 Å². The molecule has 2 aliphatic rings. The van der Waals surface area contributed by atoms with Crippen molar-refractivity contribution < 1.29 is 17.6 Å². The Hall–Kier alpha value is -1.22. The summed E-state index contributed by atoms with van der Waals surface area (Å²) in [6.07, 6.45) is 4.34. The Bertz CT molecular complexity index is 792. The molecular weight excluding hydrogens is 405 g/mol. The third-order valence-electron chi connectivity index (χ3n) is 5.48. The minimum atomic E-state index is -3.87. The first kappa shape index (κ1) is 21.5. The number of sulfonamides is 1. The van der Waals surface area contributed by atoms with Gasteiger partial charge in [0, 0.05) is 25.6 Å². The molecule has 9 heteroatoms. The fraction of sp³-hybridized carbons (Fsp3) is 0.632. The molecule has 1 amide bonds. The average Bonchev–Trinajstić information content (AvgIpc) is 3.20. The van der Waals surface area contributed by atoms with E-state index in [0.717, 1.165) is 38.2 Å². The van der Waals surface area contributed by atoms with Crippen molar-refractivity contribution in [2.45, 2.75) is 37.0 Å². The van der Waals surface area contributed by atoms with Crippen LogP contribution in [0.15, 0.2) is 23.1 Å². The molecule has 3 rings (SSSR count). The molecule has 6 nitrogen and oxygen atoms in total. The molecule has 0 aliphatic carbocycles. The van der Waals surface area contributed by atoms with E-state index in [1.165, 1.54) is 23.2 Å². The van der Waals surface area contributed by atoms with Crippen molar-refractivity contribution in [1.29, 1.82) is 0 Å². The number of nitrogens with one attached hydrogen (secondary N) is 1. The lowest BCUT2D eigenvalue weighted by atomic mass is 9.97. The zero-order valence-electron chi connectivity index (χ0n) is 15.9. The summed E-state index contributed by atoms with van der Waals surface area (Å²) in [6.45, 7) is 4.40. The molecule has 0 saturated carbocycles. The van der Waals surface area contributed by atoms with Crippen molar-refractivity contribution in [2.75, 3.05) is 39.3 Å². The van der Waals surface area contributed by atoms with Gasteiger partial charge in [0.15, 0.2) is 0 Å². The van der Waals surface area contributed by atoms with Crippen LogP contribution >= 0.6 is 11.6 Å². The normalized spacial score (nSPS) is 19.8. The van der Waals surface area contributed by atoms with Gasteiger partial charge in [0.05, 0.1) is 5.02 Å². The van der Waals surface area contributed by atoms with Crippen LogP contribution in [0, 0.1) is 11.7 Å². The van der Waals surface area contributed by atoms with E-state index in [9.17, 15) is 17.6 Å². The van der Waals surface area contributed by atoms with Crippen molar-refractivity contribution in [3.63, 3.8) is 0 Å². The van der Waals surface area contributed by atoms with Gasteiger partial charge >= 0.3 is 0 Å². The molecule has 0 bridgehead atoms. The van der Waals surface area contributed by atoms with Crippen LogP contribution in [0.2, 0.25) is 5.02 Å². The molecular formula is C19H27ClFN3O3S. The number of halogens is 2. The summed E-state index contributed by atoms with van der Waals surface area (Å²) in [5, 5.41) is 2.97. The summed E-state index contributed by atoms with van der Waals surface area (Å²) in [6, 6.07) is 3.31. The first-order valence-corrected chi connectivity index (χ1v) is 11.6. The van der Waals surface area contributed by atoms with E-state index in [4.69, 9.17) is 11.6 Å². The van der Waals surface area contributed by atoms with Crippen LogP contribution < -0.4 is 5.32 Å². The number of hydrogen-bond donors (Lipinski definition) is 1. The molecule has 2 heterocycles. The summed E-state index contributed by atoms with van der Waals surface area (Å²) >= 11 is 5.96. The molecule has 0 radical (unpaired) electrons. The van der Waals surface area contributed by atoms with Crippen LogP contribution in [-0.2, 0) is 14.8 Å². The van der Waals surface area contributed by atoms with Crippen molar-refractivity contribution in [1.82, 2.24) is 14.5 Å². The Balaban J connectivity index is 1.46. The second-order valence-electron chi connectivity index (χ2n) is 7.45. The molecule has 0 atom stereocenters. The van der Waals surface area contributed by atoms with Gasteiger partial charge in [0.2, 0.25) is 15.9 Å².